The summed E-state index contributed by atoms with van der Waals surface area (Å²) in [4.78, 5) is 28.4. The maximum atomic E-state index is 17.5. The Labute approximate surface area is 215 Å². The molecule has 4 aromatic carbocycles. The number of para-hydroxylation sites is 1. The number of hydrogen-bond donors (Lipinski definition) is 1. The van der Waals surface area contributed by atoms with E-state index in [1.54, 1.807) is 51.1 Å². The fourth-order valence-corrected chi connectivity index (χ4v) is 4.86. The second-order valence-corrected chi connectivity index (χ2v) is 10.3. The number of carbonyl (C=O) groups excluding carboxylic acids is 2. The number of alkyl halides is 1. The Morgan fingerprint density at radius 1 is 0.919 bits per heavy atom. The predicted molar refractivity (Wildman–Crippen MR) is 143 cm³/mol. The molecular weight excluding hydrogens is 467 g/mol. The number of benzene rings is 4. The Hall–Kier alpha value is -4.19. The molecule has 1 aliphatic heterocycles. The van der Waals surface area contributed by atoms with Crippen LogP contribution < -0.4 is 10.2 Å². The van der Waals surface area contributed by atoms with Gasteiger partial charge < -0.3 is 15.0 Å². The minimum Gasteiger partial charge on any atom is -0.444 e. The van der Waals surface area contributed by atoms with Gasteiger partial charge in [-0.1, -0.05) is 84.9 Å². The van der Waals surface area contributed by atoms with Gasteiger partial charge in [0, 0.05) is 5.56 Å². The van der Waals surface area contributed by atoms with Crippen molar-refractivity contribution in [1.29, 1.82) is 0 Å². The van der Waals surface area contributed by atoms with E-state index in [2.05, 4.69) is 5.32 Å². The number of ether oxygens (including phenoxy) is 1. The quantitative estimate of drug-likeness (QED) is 0.330. The smallest absolute Gasteiger partial charge is 0.408 e. The van der Waals surface area contributed by atoms with Crippen LogP contribution in [0.3, 0.4) is 0 Å². The third-order valence-corrected chi connectivity index (χ3v) is 6.49. The number of fused-ring (bicyclic) bond motifs is 2. The number of halogens is 1. The molecule has 0 unspecified atom stereocenters. The van der Waals surface area contributed by atoms with Gasteiger partial charge in [0.25, 0.3) is 5.91 Å². The SMILES string of the molecule is CC(C)(C)OC(=O)N[C@@H](c1ccc2ccccc2c1)[C@]1(F)C(=O)N(Cc2ccccc2)c2ccccc21. The molecule has 188 valence electrons. The molecule has 2 atom stereocenters. The van der Waals surface area contributed by atoms with E-state index in [-0.39, 0.29) is 12.1 Å². The van der Waals surface area contributed by atoms with Crippen molar-refractivity contribution < 1.29 is 18.7 Å². The van der Waals surface area contributed by atoms with Gasteiger partial charge in [-0.05, 0) is 54.8 Å². The Balaban J connectivity index is 1.63. The van der Waals surface area contributed by atoms with E-state index < -0.39 is 29.3 Å². The largest absolute Gasteiger partial charge is 0.444 e. The molecule has 0 aliphatic carbocycles. The molecule has 0 saturated carbocycles. The molecule has 0 fully saturated rings. The zero-order valence-corrected chi connectivity index (χ0v) is 21.1. The highest BCUT2D eigenvalue weighted by atomic mass is 19.1. The van der Waals surface area contributed by atoms with Crippen molar-refractivity contribution in [3.63, 3.8) is 0 Å². The van der Waals surface area contributed by atoms with Crippen molar-refractivity contribution in [2.75, 3.05) is 4.90 Å². The van der Waals surface area contributed by atoms with E-state index in [0.29, 0.717) is 11.3 Å². The Bertz CT molecular complexity index is 1460. The summed E-state index contributed by atoms with van der Waals surface area (Å²) in [5.74, 6) is -0.730. The van der Waals surface area contributed by atoms with Crippen molar-refractivity contribution in [3.05, 3.63) is 114 Å². The molecule has 0 bridgehead atoms. The van der Waals surface area contributed by atoms with E-state index in [0.717, 1.165) is 16.3 Å². The summed E-state index contributed by atoms with van der Waals surface area (Å²) in [6.07, 6.45) is -0.797. The van der Waals surface area contributed by atoms with Crippen molar-refractivity contribution in [2.45, 2.75) is 44.6 Å². The van der Waals surface area contributed by atoms with Gasteiger partial charge in [-0.2, -0.15) is 0 Å². The van der Waals surface area contributed by atoms with Crippen molar-refractivity contribution in [3.8, 4) is 0 Å². The lowest BCUT2D eigenvalue weighted by molar-refractivity contribution is -0.131. The average molecular weight is 497 g/mol. The Morgan fingerprint density at radius 3 is 2.30 bits per heavy atom. The number of alkyl carbamates (subject to hydrolysis) is 1. The van der Waals surface area contributed by atoms with E-state index >= 15 is 4.39 Å². The molecular formula is C31H29FN2O3. The highest BCUT2D eigenvalue weighted by Crippen LogP contribution is 2.50. The lowest BCUT2D eigenvalue weighted by Gasteiger charge is -2.32. The summed E-state index contributed by atoms with van der Waals surface area (Å²) in [5, 5.41) is 4.55. The summed E-state index contributed by atoms with van der Waals surface area (Å²) >= 11 is 0. The number of nitrogens with zero attached hydrogens (tertiary/aromatic N) is 1. The van der Waals surface area contributed by atoms with Gasteiger partial charge >= 0.3 is 6.09 Å². The standard InChI is InChI=1S/C31H29FN2O3/c1-30(2,3)37-29(36)33-27(24-18-17-22-13-7-8-14-23(22)19-24)31(32)25-15-9-10-16-26(25)34(28(31)35)20-21-11-5-4-6-12-21/h4-19,27H,20H2,1-3H3,(H,33,36)/t27-,31-/m0/s1. The van der Waals surface area contributed by atoms with Crippen LogP contribution in [0.1, 0.15) is 43.5 Å². The summed E-state index contributed by atoms with van der Waals surface area (Å²) in [6.45, 7) is 5.42. The first-order valence-electron chi connectivity index (χ1n) is 12.3. The van der Waals surface area contributed by atoms with E-state index in [1.165, 1.54) is 4.90 Å². The van der Waals surface area contributed by atoms with Crippen molar-refractivity contribution in [2.24, 2.45) is 0 Å². The lowest BCUT2D eigenvalue weighted by Crippen LogP contribution is -2.48. The third kappa shape index (κ3) is 4.67. The molecule has 0 radical (unpaired) electrons. The minimum atomic E-state index is -2.55. The zero-order valence-electron chi connectivity index (χ0n) is 21.1. The van der Waals surface area contributed by atoms with Gasteiger partial charge in [-0.25, -0.2) is 9.18 Å². The van der Waals surface area contributed by atoms with Gasteiger partial charge in [0.05, 0.1) is 12.2 Å². The number of hydrogen-bond acceptors (Lipinski definition) is 3. The molecule has 0 aromatic heterocycles. The summed E-state index contributed by atoms with van der Waals surface area (Å²) in [6, 6.07) is 28.1. The maximum Gasteiger partial charge on any atom is 0.408 e. The molecule has 37 heavy (non-hydrogen) atoms. The lowest BCUT2D eigenvalue weighted by atomic mass is 9.84. The normalized spacial score (nSPS) is 17.9. The van der Waals surface area contributed by atoms with Crippen LogP contribution in [-0.2, 0) is 21.7 Å². The van der Waals surface area contributed by atoms with Crippen LogP contribution in [0.2, 0.25) is 0 Å². The van der Waals surface area contributed by atoms with Gasteiger partial charge in [0.15, 0.2) is 0 Å². The molecule has 1 N–H and O–H groups in total. The van der Waals surface area contributed by atoms with Crippen LogP contribution in [0, 0.1) is 0 Å². The predicted octanol–water partition coefficient (Wildman–Crippen LogP) is 6.82. The van der Waals surface area contributed by atoms with Crippen molar-refractivity contribution in [1.82, 2.24) is 5.32 Å². The second kappa shape index (κ2) is 9.36. The number of rotatable bonds is 5. The Kier molecular flexibility index (Phi) is 6.20. The minimum absolute atomic E-state index is 0.208. The fourth-order valence-electron chi connectivity index (χ4n) is 4.86. The first-order valence-corrected chi connectivity index (χ1v) is 12.3. The first-order chi connectivity index (χ1) is 17.7. The van der Waals surface area contributed by atoms with E-state index in [4.69, 9.17) is 4.74 Å². The number of amides is 2. The number of nitrogens with one attached hydrogen (secondary N) is 1. The van der Waals surface area contributed by atoms with Gasteiger partial charge in [0.1, 0.15) is 11.6 Å². The molecule has 5 nitrogen and oxygen atoms in total. The van der Waals surface area contributed by atoms with Crippen LogP contribution in [0.5, 0.6) is 0 Å². The maximum absolute atomic E-state index is 17.5. The second-order valence-electron chi connectivity index (χ2n) is 10.3. The molecule has 1 heterocycles. The summed E-state index contributed by atoms with van der Waals surface area (Å²) in [5.41, 5.74) is -1.31. The molecule has 5 rings (SSSR count). The van der Waals surface area contributed by atoms with E-state index in [1.807, 2.05) is 66.7 Å². The highest BCUT2D eigenvalue weighted by Gasteiger charge is 2.58. The average Bonchev–Trinajstić information content (AvgIpc) is 3.09. The molecule has 2 amide bonds. The fraction of sp³-hybridized carbons (Fsp3) is 0.226. The summed E-state index contributed by atoms with van der Waals surface area (Å²) in [7, 11) is 0. The van der Waals surface area contributed by atoms with Crippen molar-refractivity contribution >= 4 is 28.5 Å². The monoisotopic (exact) mass is 496 g/mol. The van der Waals surface area contributed by atoms with Gasteiger partial charge in [-0.3, -0.25) is 4.79 Å². The van der Waals surface area contributed by atoms with Crippen LogP contribution in [0.25, 0.3) is 10.8 Å². The van der Waals surface area contributed by atoms with Gasteiger partial charge in [0.2, 0.25) is 5.67 Å². The number of anilines is 1. The van der Waals surface area contributed by atoms with Crippen LogP contribution in [0.15, 0.2) is 97.1 Å². The third-order valence-electron chi connectivity index (χ3n) is 6.49. The number of carbonyl (C=O) groups is 2. The zero-order chi connectivity index (χ0) is 26.2. The van der Waals surface area contributed by atoms with Crippen LogP contribution in [-0.4, -0.2) is 17.6 Å². The Morgan fingerprint density at radius 2 is 1.57 bits per heavy atom. The molecule has 0 saturated heterocycles. The molecule has 0 spiro atoms. The van der Waals surface area contributed by atoms with Crippen LogP contribution in [0.4, 0.5) is 14.9 Å². The summed E-state index contributed by atoms with van der Waals surface area (Å²) < 4.78 is 23.0. The molecule has 6 heteroatoms. The van der Waals surface area contributed by atoms with Gasteiger partial charge in [-0.15, -0.1) is 0 Å². The van der Waals surface area contributed by atoms with Crippen LogP contribution >= 0.6 is 0 Å². The molecule has 4 aromatic rings. The van der Waals surface area contributed by atoms with E-state index in [9.17, 15) is 9.59 Å². The molecule has 1 aliphatic rings. The topological polar surface area (TPSA) is 58.6 Å². The first kappa shape index (κ1) is 24.5. The highest BCUT2D eigenvalue weighted by molar-refractivity contribution is 6.08.